The Kier molecular flexibility index (Phi) is 2.96. The van der Waals surface area contributed by atoms with Crippen molar-refractivity contribution in [1.29, 1.82) is 0 Å². The first-order chi connectivity index (χ1) is 8.75. The minimum Gasteiger partial charge on any atom is -0.395 e. The zero-order chi connectivity index (χ0) is 12.6. The standard InChI is InChI=1S/C15H17NOS/c1-11-13(15(10-17)8-5-9-15)18-14(16-11)12-6-3-2-4-7-12/h2-4,6-7,17H,5,8-10H2,1H3. The second kappa shape index (κ2) is 4.48. The van der Waals surface area contributed by atoms with Crippen molar-refractivity contribution in [2.24, 2.45) is 0 Å². The van der Waals surface area contributed by atoms with Crippen LogP contribution in [0.25, 0.3) is 10.6 Å². The lowest BCUT2D eigenvalue weighted by Crippen LogP contribution is -2.37. The SMILES string of the molecule is Cc1nc(-c2ccccc2)sc1C1(CO)CCC1. The molecule has 0 radical (unpaired) electrons. The summed E-state index contributed by atoms with van der Waals surface area (Å²) >= 11 is 1.75. The van der Waals surface area contributed by atoms with Gasteiger partial charge in [-0.05, 0) is 19.8 Å². The summed E-state index contributed by atoms with van der Waals surface area (Å²) in [5.74, 6) is 0. The highest BCUT2D eigenvalue weighted by atomic mass is 32.1. The van der Waals surface area contributed by atoms with Crippen LogP contribution in [0.1, 0.15) is 29.8 Å². The smallest absolute Gasteiger partial charge is 0.123 e. The second-order valence-electron chi connectivity index (χ2n) is 5.09. The number of rotatable bonds is 3. The molecule has 94 valence electrons. The topological polar surface area (TPSA) is 33.1 Å². The first-order valence-corrected chi connectivity index (χ1v) is 7.21. The predicted octanol–water partition coefficient (Wildman–Crippen LogP) is 3.53. The molecule has 0 spiro atoms. The number of hydrogen-bond donors (Lipinski definition) is 1. The first kappa shape index (κ1) is 11.9. The molecule has 0 atom stereocenters. The molecule has 0 aliphatic heterocycles. The maximum atomic E-state index is 9.67. The summed E-state index contributed by atoms with van der Waals surface area (Å²) in [5.41, 5.74) is 2.27. The zero-order valence-electron chi connectivity index (χ0n) is 10.5. The molecule has 1 aromatic carbocycles. The summed E-state index contributed by atoms with van der Waals surface area (Å²) in [5, 5.41) is 10.7. The Morgan fingerprint density at radius 3 is 2.56 bits per heavy atom. The van der Waals surface area contributed by atoms with Crippen molar-refractivity contribution >= 4 is 11.3 Å². The Labute approximate surface area is 111 Å². The molecule has 0 amide bonds. The molecule has 1 saturated carbocycles. The van der Waals surface area contributed by atoms with Crippen LogP contribution in [0, 0.1) is 6.92 Å². The third-order valence-corrected chi connectivity index (χ3v) is 5.37. The molecule has 1 aliphatic carbocycles. The maximum absolute atomic E-state index is 9.67. The van der Waals surface area contributed by atoms with Gasteiger partial charge in [0.1, 0.15) is 5.01 Å². The number of benzene rings is 1. The third kappa shape index (κ3) is 1.78. The molecule has 18 heavy (non-hydrogen) atoms. The molecule has 0 bridgehead atoms. The summed E-state index contributed by atoms with van der Waals surface area (Å²) in [6.07, 6.45) is 3.42. The van der Waals surface area contributed by atoms with E-state index in [0.29, 0.717) is 0 Å². The van der Waals surface area contributed by atoms with E-state index in [9.17, 15) is 5.11 Å². The molecule has 3 heteroatoms. The van der Waals surface area contributed by atoms with Gasteiger partial charge in [-0.3, -0.25) is 0 Å². The largest absolute Gasteiger partial charge is 0.395 e. The third-order valence-electron chi connectivity index (χ3n) is 3.91. The van der Waals surface area contributed by atoms with Gasteiger partial charge in [0.05, 0.1) is 12.3 Å². The lowest BCUT2D eigenvalue weighted by molar-refractivity contribution is 0.122. The van der Waals surface area contributed by atoms with E-state index in [1.54, 1.807) is 11.3 Å². The van der Waals surface area contributed by atoms with E-state index in [4.69, 9.17) is 0 Å². The van der Waals surface area contributed by atoms with Crippen molar-refractivity contribution < 1.29 is 5.11 Å². The first-order valence-electron chi connectivity index (χ1n) is 6.39. The van der Waals surface area contributed by atoms with Crippen molar-refractivity contribution in [3.8, 4) is 10.6 Å². The summed E-state index contributed by atoms with van der Waals surface area (Å²) in [6, 6.07) is 10.3. The molecule has 2 aromatic rings. The summed E-state index contributed by atoms with van der Waals surface area (Å²) in [4.78, 5) is 5.97. The highest BCUT2D eigenvalue weighted by molar-refractivity contribution is 7.15. The fourth-order valence-corrected chi connectivity index (χ4v) is 3.96. The molecular weight excluding hydrogens is 242 g/mol. The molecular formula is C15H17NOS. The lowest BCUT2D eigenvalue weighted by Gasteiger charge is -2.39. The predicted molar refractivity (Wildman–Crippen MR) is 74.9 cm³/mol. The van der Waals surface area contributed by atoms with E-state index in [1.165, 1.54) is 16.9 Å². The van der Waals surface area contributed by atoms with Crippen LogP contribution in [0.2, 0.25) is 0 Å². The number of aliphatic hydroxyl groups is 1. The van der Waals surface area contributed by atoms with Crippen LogP contribution in [0.3, 0.4) is 0 Å². The van der Waals surface area contributed by atoms with E-state index in [2.05, 4.69) is 24.0 Å². The average Bonchev–Trinajstić information content (AvgIpc) is 2.73. The van der Waals surface area contributed by atoms with Gasteiger partial charge < -0.3 is 5.11 Å². The molecule has 1 heterocycles. The maximum Gasteiger partial charge on any atom is 0.123 e. The Balaban J connectivity index is 2.01. The number of aliphatic hydroxyl groups excluding tert-OH is 1. The quantitative estimate of drug-likeness (QED) is 0.914. The Morgan fingerprint density at radius 2 is 2.00 bits per heavy atom. The summed E-state index contributed by atoms with van der Waals surface area (Å²) < 4.78 is 0. The van der Waals surface area contributed by atoms with Gasteiger partial charge >= 0.3 is 0 Å². The molecule has 0 unspecified atom stereocenters. The van der Waals surface area contributed by atoms with E-state index in [1.807, 2.05) is 18.2 Å². The number of hydrogen-bond acceptors (Lipinski definition) is 3. The van der Waals surface area contributed by atoms with Crippen molar-refractivity contribution in [2.45, 2.75) is 31.6 Å². The Hall–Kier alpha value is -1.19. The molecule has 0 saturated heterocycles. The number of aromatic nitrogens is 1. The fourth-order valence-electron chi connectivity index (χ4n) is 2.65. The van der Waals surface area contributed by atoms with Crippen LogP contribution < -0.4 is 0 Å². The van der Waals surface area contributed by atoms with Crippen LogP contribution in [0.15, 0.2) is 30.3 Å². The van der Waals surface area contributed by atoms with Crippen LogP contribution in [-0.2, 0) is 5.41 Å². The van der Waals surface area contributed by atoms with Crippen molar-refractivity contribution in [2.75, 3.05) is 6.61 Å². The molecule has 1 N–H and O–H groups in total. The Morgan fingerprint density at radius 1 is 1.28 bits per heavy atom. The summed E-state index contributed by atoms with van der Waals surface area (Å²) in [6.45, 7) is 2.32. The highest BCUT2D eigenvalue weighted by Crippen LogP contribution is 2.47. The van der Waals surface area contributed by atoms with Gasteiger partial charge in [-0.15, -0.1) is 11.3 Å². The van der Waals surface area contributed by atoms with Gasteiger partial charge in [0, 0.05) is 15.9 Å². The lowest BCUT2D eigenvalue weighted by atomic mass is 9.68. The fraction of sp³-hybridized carbons (Fsp3) is 0.400. The van der Waals surface area contributed by atoms with Gasteiger partial charge in [-0.1, -0.05) is 36.8 Å². The number of nitrogens with zero attached hydrogens (tertiary/aromatic N) is 1. The van der Waals surface area contributed by atoms with Crippen LogP contribution in [0.4, 0.5) is 0 Å². The van der Waals surface area contributed by atoms with Crippen molar-refractivity contribution in [1.82, 2.24) is 4.98 Å². The van der Waals surface area contributed by atoms with Crippen LogP contribution >= 0.6 is 11.3 Å². The van der Waals surface area contributed by atoms with Gasteiger partial charge in [0.15, 0.2) is 0 Å². The van der Waals surface area contributed by atoms with E-state index in [0.717, 1.165) is 23.5 Å². The minimum atomic E-state index is 0.00871. The van der Waals surface area contributed by atoms with E-state index >= 15 is 0 Å². The number of thiazole rings is 1. The molecule has 1 fully saturated rings. The normalized spacial score (nSPS) is 17.4. The van der Waals surface area contributed by atoms with Crippen molar-refractivity contribution in [3.63, 3.8) is 0 Å². The van der Waals surface area contributed by atoms with E-state index < -0.39 is 0 Å². The van der Waals surface area contributed by atoms with Gasteiger partial charge in [-0.25, -0.2) is 4.98 Å². The molecule has 1 aromatic heterocycles. The minimum absolute atomic E-state index is 0.00871. The second-order valence-corrected chi connectivity index (χ2v) is 6.09. The monoisotopic (exact) mass is 259 g/mol. The zero-order valence-corrected chi connectivity index (χ0v) is 11.3. The highest BCUT2D eigenvalue weighted by Gasteiger charge is 2.41. The average molecular weight is 259 g/mol. The van der Waals surface area contributed by atoms with E-state index in [-0.39, 0.29) is 12.0 Å². The van der Waals surface area contributed by atoms with Crippen LogP contribution in [0.5, 0.6) is 0 Å². The molecule has 3 rings (SSSR count). The summed E-state index contributed by atoms with van der Waals surface area (Å²) in [7, 11) is 0. The van der Waals surface area contributed by atoms with Crippen LogP contribution in [-0.4, -0.2) is 16.7 Å². The van der Waals surface area contributed by atoms with Crippen molar-refractivity contribution in [3.05, 3.63) is 40.9 Å². The van der Waals surface area contributed by atoms with Gasteiger partial charge in [0.2, 0.25) is 0 Å². The van der Waals surface area contributed by atoms with Gasteiger partial charge in [0.25, 0.3) is 0 Å². The molecule has 2 nitrogen and oxygen atoms in total. The number of aryl methyl sites for hydroxylation is 1. The molecule has 1 aliphatic rings. The Bertz CT molecular complexity index is 537. The van der Waals surface area contributed by atoms with Gasteiger partial charge in [-0.2, -0.15) is 0 Å².